The van der Waals surface area contributed by atoms with Crippen molar-refractivity contribution in [3.05, 3.63) is 78.4 Å². The van der Waals surface area contributed by atoms with Crippen LogP contribution in [0.1, 0.15) is 17.3 Å². The van der Waals surface area contributed by atoms with Crippen LogP contribution >= 0.6 is 0 Å². The maximum atomic E-state index is 11.9. The predicted molar refractivity (Wildman–Crippen MR) is 91.7 cm³/mol. The summed E-state index contributed by atoms with van der Waals surface area (Å²) in [7, 11) is 0. The zero-order valence-corrected chi connectivity index (χ0v) is 12.4. The average Bonchev–Trinajstić information content (AvgIpc) is 2.56. The lowest BCUT2D eigenvalue weighted by molar-refractivity contribution is 0.101. The molecule has 3 aromatic carbocycles. The number of Topliss-reactive ketones (excluding diaryl/α,β-unsaturated/α-hetero) is 1. The molecule has 2 nitrogen and oxygen atoms in total. The molecule has 0 saturated heterocycles. The van der Waals surface area contributed by atoms with Gasteiger partial charge in [0.2, 0.25) is 0 Å². The van der Waals surface area contributed by atoms with Gasteiger partial charge in [-0.3, -0.25) is 4.79 Å². The SMILES string of the molecule is CC(=O)c1cc(-c2ccccc2)c(N)c(-c2ccccc2)c1. The number of ketones is 1. The predicted octanol–water partition coefficient (Wildman–Crippen LogP) is 4.81. The van der Waals surface area contributed by atoms with Crippen molar-refractivity contribution >= 4 is 11.5 Å². The summed E-state index contributed by atoms with van der Waals surface area (Å²) < 4.78 is 0. The van der Waals surface area contributed by atoms with Crippen LogP contribution in [0.5, 0.6) is 0 Å². The molecule has 0 unspecified atom stereocenters. The van der Waals surface area contributed by atoms with E-state index in [1.54, 1.807) is 6.92 Å². The molecule has 0 aromatic heterocycles. The van der Waals surface area contributed by atoms with Crippen LogP contribution in [0.2, 0.25) is 0 Å². The Hall–Kier alpha value is -2.87. The highest BCUT2D eigenvalue weighted by atomic mass is 16.1. The molecular formula is C20H17NO. The van der Waals surface area contributed by atoms with Crippen LogP contribution in [-0.2, 0) is 0 Å². The average molecular weight is 287 g/mol. The molecule has 0 aliphatic carbocycles. The van der Waals surface area contributed by atoms with E-state index in [9.17, 15) is 4.79 Å². The van der Waals surface area contributed by atoms with Gasteiger partial charge in [-0.05, 0) is 30.2 Å². The summed E-state index contributed by atoms with van der Waals surface area (Å²) in [5.41, 5.74) is 11.6. The van der Waals surface area contributed by atoms with Crippen molar-refractivity contribution in [1.29, 1.82) is 0 Å². The van der Waals surface area contributed by atoms with Gasteiger partial charge < -0.3 is 5.73 Å². The van der Waals surface area contributed by atoms with Gasteiger partial charge in [-0.25, -0.2) is 0 Å². The van der Waals surface area contributed by atoms with Crippen LogP contribution in [0, 0.1) is 0 Å². The van der Waals surface area contributed by atoms with Gasteiger partial charge >= 0.3 is 0 Å². The van der Waals surface area contributed by atoms with Gasteiger partial charge in [0.15, 0.2) is 5.78 Å². The zero-order valence-electron chi connectivity index (χ0n) is 12.4. The lowest BCUT2D eigenvalue weighted by Crippen LogP contribution is -2.00. The second-order valence-corrected chi connectivity index (χ2v) is 5.27. The van der Waals surface area contributed by atoms with E-state index in [2.05, 4.69) is 0 Å². The normalized spacial score (nSPS) is 10.4. The van der Waals surface area contributed by atoms with E-state index in [-0.39, 0.29) is 5.78 Å². The summed E-state index contributed by atoms with van der Waals surface area (Å²) in [6.07, 6.45) is 0. The van der Waals surface area contributed by atoms with Gasteiger partial charge in [0, 0.05) is 22.4 Å². The molecule has 0 fully saturated rings. The third-order valence-electron chi connectivity index (χ3n) is 3.76. The first-order valence-corrected chi connectivity index (χ1v) is 7.22. The largest absolute Gasteiger partial charge is 0.398 e. The highest BCUT2D eigenvalue weighted by Gasteiger charge is 2.13. The summed E-state index contributed by atoms with van der Waals surface area (Å²) in [6, 6.07) is 23.6. The van der Waals surface area contributed by atoms with Crippen molar-refractivity contribution in [2.75, 3.05) is 5.73 Å². The van der Waals surface area contributed by atoms with Gasteiger partial charge in [0.05, 0.1) is 0 Å². The summed E-state index contributed by atoms with van der Waals surface area (Å²) in [6.45, 7) is 1.58. The van der Waals surface area contributed by atoms with Crippen LogP contribution in [0.25, 0.3) is 22.3 Å². The van der Waals surface area contributed by atoms with Gasteiger partial charge in [-0.15, -0.1) is 0 Å². The number of benzene rings is 3. The standard InChI is InChI=1S/C20H17NO/c1-14(22)17-12-18(15-8-4-2-5-9-15)20(21)19(13-17)16-10-6-3-7-11-16/h2-13H,21H2,1H3. The molecule has 2 N–H and O–H groups in total. The molecule has 0 bridgehead atoms. The Bertz CT molecular complexity index is 747. The quantitative estimate of drug-likeness (QED) is 0.555. The Morgan fingerprint density at radius 3 is 1.55 bits per heavy atom. The molecule has 3 aromatic rings. The van der Waals surface area contributed by atoms with E-state index >= 15 is 0 Å². The number of carbonyl (C=O) groups is 1. The monoisotopic (exact) mass is 287 g/mol. The molecule has 0 atom stereocenters. The second-order valence-electron chi connectivity index (χ2n) is 5.27. The minimum Gasteiger partial charge on any atom is -0.398 e. The minimum absolute atomic E-state index is 0.0364. The molecule has 0 radical (unpaired) electrons. The summed E-state index contributed by atoms with van der Waals surface area (Å²) in [5, 5.41) is 0. The maximum absolute atomic E-state index is 11.9. The molecular weight excluding hydrogens is 270 g/mol. The Balaban J connectivity index is 2.27. The Morgan fingerprint density at radius 2 is 1.18 bits per heavy atom. The third-order valence-corrected chi connectivity index (χ3v) is 3.76. The van der Waals surface area contributed by atoms with Crippen molar-refractivity contribution in [2.24, 2.45) is 0 Å². The minimum atomic E-state index is 0.0364. The van der Waals surface area contributed by atoms with E-state index in [1.807, 2.05) is 72.8 Å². The first-order valence-electron chi connectivity index (χ1n) is 7.22. The summed E-state index contributed by atoms with van der Waals surface area (Å²) in [5.74, 6) is 0.0364. The smallest absolute Gasteiger partial charge is 0.159 e. The fraction of sp³-hybridized carbons (Fsp3) is 0.0500. The van der Waals surface area contributed by atoms with Crippen LogP contribution in [0.4, 0.5) is 5.69 Å². The topological polar surface area (TPSA) is 43.1 Å². The third kappa shape index (κ3) is 2.63. The Labute approximate surface area is 130 Å². The molecule has 0 aliphatic heterocycles. The first kappa shape index (κ1) is 14.1. The highest BCUT2D eigenvalue weighted by molar-refractivity contribution is 6.00. The molecule has 0 saturated carbocycles. The number of rotatable bonds is 3. The van der Waals surface area contributed by atoms with Gasteiger partial charge in [0.1, 0.15) is 0 Å². The number of nitrogen functional groups attached to an aromatic ring is 1. The van der Waals surface area contributed by atoms with E-state index in [0.29, 0.717) is 11.3 Å². The van der Waals surface area contributed by atoms with Crippen molar-refractivity contribution < 1.29 is 4.79 Å². The molecule has 0 amide bonds. The van der Waals surface area contributed by atoms with Crippen molar-refractivity contribution in [3.8, 4) is 22.3 Å². The lowest BCUT2D eigenvalue weighted by Gasteiger charge is -2.14. The number of carbonyl (C=O) groups excluding carboxylic acids is 1. The lowest BCUT2D eigenvalue weighted by atomic mass is 9.92. The van der Waals surface area contributed by atoms with Crippen molar-refractivity contribution in [1.82, 2.24) is 0 Å². The molecule has 2 heteroatoms. The van der Waals surface area contributed by atoms with Crippen LogP contribution in [-0.4, -0.2) is 5.78 Å². The molecule has 0 aliphatic rings. The number of hydrogen-bond donors (Lipinski definition) is 1. The van der Waals surface area contributed by atoms with E-state index < -0.39 is 0 Å². The summed E-state index contributed by atoms with van der Waals surface area (Å²) >= 11 is 0. The Morgan fingerprint density at radius 1 is 0.773 bits per heavy atom. The number of anilines is 1. The molecule has 108 valence electrons. The zero-order chi connectivity index (χ0) is 15.5. The fourth-order valence-electron chi connectivity index (χ4n) is 2.57. The van der Waals surface area contributed by atoms with Crippen molar-refractivity contribution in [3.63, 3.8) is 0 Å². The van der Waals surface area contributed by atoms with Gasteiger partial charge in [0.25, 0.3) is 0 Å². The molecule has 0 spiro atoms. The summed E-state index contributed by atoms with van der Waals surface area (Å²) in [4.78, 5) is 11.9. The number of hydrogen-bond acceptors (Lipinski definition) is 2. The van der Waals surface area contributed by atoms with E-state index in [0.717, 1.165) is 22.3 Å². The van der Waals surface area contributed by atoms with Crippen LogP contribution < -0.4 is 5.73 Å². The number of nitrogens with two attached hydrogens (primary N) is 1. The Kier molecular flexibility index (Phi) is 3.75. The van der Waals surface area contributed by atoms with Gasteiger partial charge in [-0.2, -0.15) is 0 Å². The van der Waals surface area contributed by atoms with E-state index in [4.69, 9.17) is 5.73 Å². The van der Waals surface area contributed by atoms with Crippen molar-refractivity contribution in [2.45, 2.75) is 6.92 Å². The van der Waals surface area contributed by atoms with Crippen LogP contribution in [0.15, 0.2) is 72.8 Å². The maximum Gasteiger partial charge on any atom is 0.159 e. The second kappa shape index (κ2) is 5.86. The molecule has 3 rings (SSSR count). The first-order chi connectivity index (χ1) is 10.7. The molecule has 22 heavy (non-hydrogen) atoms. The fourth-order valence-corrected chi connectivity index (χ4v) is 2.57. The van der Waals surface area contributed by atoms with Gasteiger partial charge in [-0.1, -0.05) is 60.7 Å². The van der Waals surface area contributed by atoms with Crippen LogP contribution in [0.3, 0.4) is 0 Å². The van der Waals surface area contributed by atoms with E-state index in [1.165, 1.54) is 0 Å². The molecule has 0 heterocycles. The highest BCUT2D eigenvalue weighted by Crippen LogP contribution is 2.36.